The first-order valence-electron chi connectivity index (χ1n) is 8.08. The Morgan fingerprint density at radius 2 is 1.74 bits per heavy atom. The minimum absolute atomic E-state index is 0.132. The second kappa shape index (κ2) is 7.95. The third-order valence-corrected chi connectivity index (χ3v) is 6.81. The number of carbonyl (C=O) groups is 1. The van der Waals surface area contributed by atoms with Crippen molar-refractivity contribution < 1.29 is 13.2 Å². The van der Waals surface area contributed by atoms with Crippen molar-refractivity contribution in [3.8, 4) is 0 Å². The van der Waals surface area contributed by atoms with E-state index in [9.17, 15) is 13.2 Å². The van der Waals surface area contributed by atoms with Crippen molar-refractivity contribution in [2.45, 2.75) is 17.8 Å². The third-order valence-electron chi connectivity index (χ3n) is 3.82. The predicted molar refractivity (Wildman–Crippen MR) is 104 cm³/mol. The molecule has 0 fully saturated rings. The quantitative estimate of drug-likeness (QED) is 0.640. The van der Waals surface area contributed by atoms with Gasteiger partial charge in [-0.15, -0.1) is 10.2 Å². The minimum Gasteiger partial charge on any atom is -0.296 e. The number of amides is 1. The Balaban J connectivity index is 1.72. The average molecular weight is 403 g/mol. The van der Waals surface area contributed by atoms with E-state index in [1.807, 2.05) is 49.4 Å². The first-order valence-corrected chi connectivity index (χ1v) is 10.3. The summed E-state index contributed by atoms with van der Waals surface area (Å²) in [6.07, 6.45) is 0. The molecule has 1 heterocycles. The standard InChI is InChI=1S/C18H18N4O3S2/c1-13-8-10-15(11-9-13)16(23)19-17-20-21-18(26-17)27(24,25)22(2)12-14-6-4-3-5-7-14/h3-11H,12H2,1-2H3,(H,19,20,23). The Morgan fingerprint density at radius 1 is 1.07 bits per heavy atom. The maximum atomic E-state index is 12.7. The summed E-state index contributed by atoms with van der Waals surface area (Å²) in [6, 6.07) is 16.3. The molecule has 9 heteroatoms. The van der Waals surface area contributed by atoms with Crippen LogP contribution in [0.25, 0.3) is 0 Å². The number of sulfonamides is 1. The van der Waals surface area contributed by atoms with Gasteiger partial charge < -0.3 is 0 Å². The lowest BCUT2D eigenvalue weighted by atomic mass is 10.1. The fraction of sp³-hybridized carbons (Fsp3) is 0.167. The number of nitrogens with zero attached hydrogens (tertiary/aromatic N) is 3. The van der Waals surface area contributed by atoms with E-state index in [1.54, 1.807) is 12.1 Å². The molecule has 0 aliphatic heterocycles. The Labute approximate surface area is 161 Å². The van der Waals surface area contributed by atoms with Crippen LogP contribution in [-0.4, -0.2) is 35.9 Å². The van der Waals surface area contributed by atoms with Gasteiger partial charge in [0.1, 0.15) is 0 Å². The number of anilines is 1. The van der Waals surface area contributed by atoms with Crippen LogP contribution < -0.4 is 5.32 Å². The molecule has 2 aromatic carbocycles. The molecule has 140 valence electrons. The van der Waals surface area contributed by atoms with Crippen LogP contribution in [0.5, 0.6) is 0 Å². The third kappa shape index (κ3) is 4.57. The summed E-state index contributed by atoms with van der Waals surface area (Å²) >= 11 is 0.821. The molecule has 0 radical (unpaired) electrons. The molecule has 27 heavy (non-hydrogen) atoms. The van der Waals surface area contributed by atoms with E-state index in [2.05, 4.69) is 15.5 Å². The van der Waals surface area contributed by atoms with Crippen molar-refractivity contribution >= 4 is 32.4 Å². The van der Waals surface area contributed by atoms with Gasteiger partial charge in [0.15, 0.2) is 0 Å². The molecule has 0 spiro atoms. The monoisotopic (exact) mass is 402 g/mol. The summed E-state index contributed by atoms with van der Waals surface area (Å²) in [5, 5.41) is 10.2. The summed E-state index contributed by atoms with van der Waals surface area (Å²) in [6.45, 7) is 2.14. The molecule has 7 nitrogen and oxygen atoms in total. The van der Waals surface area contributed by atoms with Crippen LogP contribution in [0.15, 0.2) is 58.9 Å². The van der Waals surface area contributed by atoms with E-state index < -0.39 is 10.0 Å². The second-order valence-electron chi connectivity index (χ2n) is 5.94. The predicted octanol–water partition coefficient (Wildman–Crippen LogP) is 2.92. The second-order valence-corrected chi connectivity index (χ2v) is 9.14. The molecule has 0 atom stereocenters. The highest BCUT2D eigenvalue weighted by molar-refractivity contribution is 7.91. The first kappa shape index (κ1) is 19.2. The van der Waals surface area contributed by atoms with Crippen LogP contribution in [0.2, 0.25) is 0 Å². The lowest BCUT2D eigenvalue weighted by Gasteiger charge is -2.14. The molecule has 0 saturated carbocycles. The van der Waals surface area contributed by atoms with E-state index in [0.717, 1.165) is 22.5 Å². The summed E-state index contributed by atoms with van der Waals surface area (Å²) < 4.78 is 26.4. The highest BCUT2D eigenvalue weighted by atomic mass is 32.2. The van der Waals surface area contributed by atoms with Crippen LogP contribution in [0.1, 0.15) is 21.5 Å². The van der Waals surface area contributed by atoms with Crippen molar-refractivity contribution in [1.82, 2.24) is 14.5 Å². The van der Waals surface area contributed by atoms with E-state index in [0.29, 0.717) is 5.56 Å². The summed E-state index contributed by atoms with van der Waals surface area (Å²) in [4.78, 5) is 12.2. The molecule has 3 aromatic rings. The number of nitrogens with one attached hydrogen (secondary N) is 1. The number of aryl methyl sites for hydroxylation is 1. The van der Waals surface area contributed by atoms with Gasteiger partial charge in [0.2, 0.25) is 9.47 Å². The zero-order valence-electron chi connectivity index (χ0n) is 14.8. The van der Waals surface area contributed by atoms with Gasteiger partial charge in [-0.25, -0.2) is 8.42 Å². The highest BCUT2D eigenvalue weighted by Gasteiger charge is 2.26. The molecular formula is C18H18N4O3S2. The molecule has 1 amide bonds. The molecular weight excluding hydrogens is 384 g/mol. The lowest BCUT2D eigenvalue weighted by molar-refractivity contribution is 0.102. The highest BCUT2D eigenvalue weighted by Crippen LogP contribution is 2.24. The molecule has 3 rings (SSSR count). The van der Waals surface area contributed by atoms with E-state index in [-0.39, 0.29) is 21.9 Å². The zero-order chi connectivity index (χ0) is 19.4. The van der Waals surface area contributed by atoms with Gasteiger partial charge in [0.25, 0.3) is 15.9 Å². The van der Waals surface area contributed by atoms with Gasteiger partial charge >= 0.3 is 0 Å². The SMILES string of the molecule is Cc1ccc(C(=O)Nc2nnc(S(=O)(=O)N(C)Cc3ccccc3)s2)cc1. The van der Waals surface area contributed by atoms with Crippen molar-refractivity contribution in [2.24, 2.45) is 0 Å². The maximum absolute atomic E-state index is 12.7. The molecule has 0 aliphatic carbocycles. The van der Waals surface area contributed by atoms with Crippen LogP contribution in [-0.2, 0) is 16.6 Å². The Kier molecular flexibility index (Phi) is 5.64. The number of aromatic nitrogens is 2. The number of benzene rings is 2. The van der Waals surface area contributed by atoms with Gasteiger partial charge in [0, 0.05) is 19.2 Å². The van der Waals surface area contributed by atoms with Gasteiger partial charge in [-0.3, -0.25) is 10.1 Å². The smallest absolute Gasteiger partial charge is 0.272 e. The van der Waals surface area contributed by atoms with Gasteiger partial charge in [0.05, 0.1) is 0 Å². The largest absolute Gasteiger partial charge is 0.296 e. The van der Waals surface area contributed by atoms with Crippen molar-refractivity contribution in [1.29, 1.82) is 0 Å². The van der Waals surface area contributed by atoms with Crippen LogP contribution in [0.3, 0.4) is 0 Å². The fourth-order valence-electron chi connectivity index (χ4n) is 2.30. The first-order chi connectivity index (χ1) is 12.9. The topological polar surface area (TPSA) is 92.3 Å². The van der Waals surface area contributed by atoms with Gasteiger partial charge in [-0.1, -0.05) is 59.4 Å². The minimum atomic E-state index is -3.80. The van der Waals surface area contributed by atoms with E-state index in [1.165, 1.54) is 11.4 Å². The number of rotatable bonds is 6. The number of hydrogen-bond acceptors (Lipinski definition) is 6. The van der Waals surface area contributed by atoms with Gasteiger partial charge in [-0.2, -0.15) is 4.31 Å². The Hall–Kier alpha value is -2.62. The van der Waals surface area contributed by atoms with Crippen LogP contribution >= 0.6 is 11.3 Å². The van der Waals surface area contributed by atoms with Crippen LogP contribution in [0.4, 0.5) is 5.13 Å². The maximum Gasteiger partial charge on any atom is 0.272 e. The molecule has 0 aliphatic rings. The van der Waals surface area contributed by atoms with Gasteiger partial charge in [-0.05, 0) is 24.6 Å². The molecule has 0 saturated heterocycles. The zero-order valence-corrected chi connectivity index (χ0v) is 16.4. The molecule has 0 unspecified atom stereocenters. The summed E-state index contributed by atoms with van der Waals surface area (Å²) in [5.41, 5.74) is 2.36. The Bertz CT molecular complexity index is 1030. The number of carbonyl (C=O) groups excluding carboxylic acids is 1. The fourth-order valence-corrected chi connectivity index (χ4v) is 4.54. The van der Waals surface area contributed by atoms with E-state index >= 15 is 0 Å². The average Bonchev–Trinajstić information content (AvgIpc) is 3.12. The van der Waals surface area contributed by atoms with Crippen molar-refractivity contribution in [3.63, 3.8) is 0 Å². The van der Waals surface area contributed by atoms with Crippen molar-refractivity contribution in [2.75, 3.05) is 12.4 Å². The summed E-state index contributed by atoms with van der Waals surface area (Å²) in [5.74, 6) is -0.368. The van der Waals surface area contributed by atoms with Crippen molar-refractivity contribution in [3.05, 3.63) is 71.3 Å². The normalized spacial score (nSPS) is 11.5. The van der Waals surface area contributed by atoms with E-state index in [4.69, 9.17) is 0 Å². The van der Waals surface area contributed by atoms with Crippen LogP contribution in [0, 0.1) is 6.92 Å². The Morgan fingerprint density at radius 3 is 2.41 bits per heavy atom. The molecule has 0 bridgehead atoms. The molecule has 1 N–H and O–H groups in total. The lowest BCUT2D eigenvalue weighted by Crippen LogP contribution is -2.26. The summed E-state index contributed by atoms with van der Waals surface area (Å²) in [7, 11) is -2.32. The number of hydrogen-bond donors (Lipinski definition) is 1. The molecule has 1 aromatic heterocycles.